The van der Waals surface area contributed by atoms with Gasteiger partial charge >= 0.3 is 0 Å². The number of nitrogens with one attached hydrogen (secondary N) is 2. The Labute approximate surface area is 224 Å². The van der Waals surface area contributed by atoms with Crippen LogP contribution in [0.2, 0.25) is 0 Å². The summed E-state index contributed by atoms with van der Waals surface area (Å²) in [6.07, 6.45) is 1.48. The zero-order chi connectivity index (χ0) is 27.4. The molecule has 0 saturated heterocycles. The van der Waals surface area contributed by atoms with E-state index in [0.29, 0.717) is 18.7 Å². The maximum Gasteiger partial charge on any atom is 0.268 e. The van der Waals surface area contributed by atoms with Crippen LogP contribution >= 0.6 is 0 Å². The van der Waals surface area contributed by atoms with E-state index in [1.807, 2.05) is 39.0 Å². The lowest BCUT2D eigenvalue weighted by Gasteiger charge is -2.33. The number of carbonyl (C=O) groups excluding carboxylic acids is 1. The predicted octanol–water partition coefficient (Wildman–Crippen LogP) is 4.73. The molecule has 1 atom stereocenters. The number of hydrogen-bond acceptors (Lipinski definition) is 7. The van der Waals surface area contributed by atoms with Crippen LogP contribution in [0.1, 0.15) is 55.1 Å². The Morgan fingerprint density at radius 3 is 2.50 bits per heavy atom. The Bertz CT molecular complexity index is 1400. The lowest BCUT2D eigenvalue weighted by atomic mass is 10.00. The number of aromatic nitrogens is 2. The average molecular weight is 538 g/mol. The van der Waals surface area contributed by atoms with Gasteiger partial charge < -0.3 is 4.74 Å². The Hall–Kier alpha value is -3.50. The van der Waals surface area contributed by atoms with Crippen LogP contribution in [0, 0.1) is 19.8 Å². The molecule has 0 fully saturated rings. The molecular weight excluding hydrogens is 502 g/mol. The molecule has 0 radical (unpaired) electrons. The fourth-order valence-corrected chi connectivity index (χ4v) is 5.57. The first-order valence-corrected chi connectivity index (χ1v) is 14.4. The standard InChI is InChI=1S/C28H35N5O4S/c1-6-13-29-33-22(14-18(2)3)17-37-25-16-24(26-19(4)9-7-10-20(26)5)30-28(31-25)32-38(35,36)23-12-8-11-21(15-23)27(33)34/h7-12,15-16,18,22,29H,6,13-14,17H2,1-5H3,(H,30,31,32)/t22-/m1/s1. The maximum atomic E-state index is 13.7. The van der Waals surface area contributed by atoms with Crippen molar-refractivity contribution in [3.63, 3.8) is 0 Å². The van der Waals surface area contributed by atoms with Gasteiger partial charge in [-0.05, 0) is 61.9 Å². The summed E-state index contributed by atoms with van der Waals surface area (Å²) in [6.45, 7) is 10.9. The molecule has 1 aromatic heterocycles. The molecule has 9 nitrogen and oxygen atoms in total. The monoisotopic (exact) mass is 537 g/mol. The Morgan fingerprint density at radius 2 is 1.82 bits per heavy atom. The number of benzene rings is 2. The molecule has 0 spiro atoms. The highest BCUT2D eigenvalue weighted by Gasteiger charge is 2.29. The third-order valence-electron chi connectivity index (χ3n) is 6.34. The summed E-state index contributed by atoms with van der Waals surface area (Å²) in [6, 6.07) is 13.3. The van der Waals surface area contributed by atoms with E-state index in [1.54, 1.807) is 23.2 Å². The molecule has 0 unspecified atom stereocenters. The number of rotatable bonds is 6. The molecular formula is C28H35N5O4S. The summed E-state index contributed by atoms with van der Waals surface area (Å²) in [4.78, 5) is 22.6. The molecule has 3 aromatic rings. The van der Waals surface area contributed by atoms with Gasteiger partial charge in [-0.2, -0.15) is 4.98 Å². The Kier molecular flexibility index (Phi) is 8.32. The highest BCUT2D eigenvalue weighted by atomic mass is 32.2. The van der Waals surface area contributed by atoms with Gasteiger partial charge in [0.1, 0.15) is 6.61 Å². The van der Waals surface area contributed by atoms with E-state index in [0.717, 1.165) is 23.1 Å². The lowest BCUT2D eigenvalue weighted by Crippen LogP contribution is -2.52. The van der Waals surface area contributed by atoms with Crippen LogP contribution in [0.5, 0.6) is 5.88 Å². The maximum absolute atomic E-state index is 13.7. The highest BCUT2D eigenvalue weighted by Crippen LogP contribution is 2.30. The minimum Gasteiger partial charge on any atom is -0.475 e. The van der Waals surface area contributed by atoms with E-state index < -0.39 is 10.0 Å². The van der Waals surface area contributed by atoms with Gasteiger partial charge in [-0.1, -0.05) is 45.0 Å². The van der Waals surface area contributed by atoms with E-state index >= 15 is 0 Å². The average Bonchev–Trinajstić information content (AvgIpc) is 2.86. The summed E-state index contributed by atoms with van der Waals surface area (Å²) >= 11 is 0. The zero-order valence-electron chi connectivity index (χ0n) is 22.5. The summed E-state index contributed by atoms with van der Waals surface area (Å²) < 4.78 is 35.4. The van der Waals surface area contributed by atoms with E-state index in [-0.39, 0.29) is 46.8 Å². The third kappa shape index (κ3) is 6.14. The number of aryl methyl sites for hydroxylation is 2. The number of hydrazine groups is 1. The van der Waals surface area contributed by atoms with Gasteiger partial charge in [0.2, 0.25) is 11.8 Å². The van der Waals surface area contributed by atoms with Crippen molar-refractivity contribution in [3.05, 3.63) is 65.2 Å². The molecule has 1 amide bonds. The third-order valence-corrected chi connectivity index (χ3v) is 7.67. The zero-order valence-corrected chi connectivity index (χ0v) is 23.3. The van der Waals surface area contributed by atoms with Gasteiger partial charge in [-0.3, -0.25) is 9.80 Å². The van der Waals surface area contributed by atoms with Crippen LogP contribution in [-0.4, -0.2) is 48.5 Å². The van der Waals surface area contributed by atoms with Crippen LogP contribution in [0.25, 0.3) is 11.3 Å². The second-order valence-electron chi connectivity index (χ2n) is 9.99. The van der Waals surface area contributed by atoms with Crippen LogP contribution in [0.3, 0.4) is 0 Å². The van der Waals surface area contributed by atoms with E-state index in [1.165, 1.54) is 12.1 Å². The van der Waals surface area contributed by atoms with Gasteiger partial charge in [0.25, 0.3) is 15.9 Å². The van der Waals surface area contributed by atoms with Crippen LogP contribution in [-0.2, 0) is 10.0 Å². The van der Waals surface area contributed by atoms with Crippen molar-refractivity contribution >= 4 is 21.9 Å². The van der Waals surface area contributed by atoms with Crippen molar-refractivity contribution in [2.24, 2.45) is 5.92 Å². The number of carbonyl (C=O) groups is 1. The van der Waals surface area contributed by atoms with Crippen molar-refractivity contribution in [2.75, 3.05) is 17.9 Å². The normalized spacial score (nSPS) is 17.2. The highest BCUT2D eigenvalue weighted by molar-refractivity contribution is 7.92. The first kappa shape index (κ1) is 27.5. The van der Waals surface area contributed by atoms with Crippen LogP contribution < -0.4 is 14.9 Å². The molecule has 0 aliphatic carbocycles. The molecule has 202 valence electrons. The number of hydrogen-bond donors (Lipinski definition) is 2. The minimum absolute atomic E-state index is 0.0537. The molecule has 10 heteroatoms. The first-order chi connectivity index (χ1) is 18.1. The number of amides is 1. The summed E-state index contributed by atoms with van der Waals surface area (Å²) in [5.74, 6) is 0.0750. The van der Waals surface area contributed by atoms with Gasteiger partial charge in [0, 0.05) is 23.7 Å². The van der Waals surface area contributed by atoms with E-state index in [4.69, 9.17) is 4.74 Å². The molecule has 38 heavy (non-hydrogen) atoms. The molecule has 1 aliphatic heterocycles. The van der Waals surface area contributed by atoms with Gasteiger partial charge in [-0.25, -0.2) is 23.5 Å². The predicted molar refractivity (Wildman–Crippen MR) is 147 cm³/mol. The number of nitrogens with zero attached hydrogens (tertiary/aromatic N) is 3. The molecule has 1 aliphatic rings. The first-order valence-electron chi connectivity index (χ1n) is 12.9. The quantitative estimate of drug-likeness (QED) is 0.468. The molecule has 2 N–H and O–H groups in total. The number of anilines is 1. The molecule has 4 rings (SSSR count). The van der Waals surface area contributed by atoms with Crippen LogP contribution in [0.15, 0.2) is 53.4 Å². The largest absolute Gasteiger partial charge is 0.475 e. The van der Waals surface area contributed by atoms with E-state index in [9.17, 15) is 13.2 Å². The minimum atomic E-state index is -4.09. The number of fused-ring (bicyclic) bond motifs is 4. The molecule has 2 aromatic carbocycles. The molecule has 0 saturated carbocycles. The van der Waals surface area contributed by atoms with Gasteiger partial charge in [0.15, 0.2) is 0 Å². The topological polar surface area (TPSA) is 114 Å². The smallest absolute Gasteiger partial charge is 0.268 e. The van der Waals surface area contributed by atoms with Crippen molar-refractivity contribution in [1.29, 1.82) is 0 Å². The van der Waals surface area contributed by atoms with Gasteiger partial charge in [-0.15, -0.1) is 0 Å². The summed E-state index contributed by atoms with van der Waals surface area (Å²) in [5.41, 5.74) is 6.91. The Morgan fingerprint density at radius 1 is 1.11 bits per heavy atom. The summed E-state index contributed by atoms with van der Waals surface area (Å²) in [5, 5.41) is 1.58. The second kappa shape index (κ2) is 11.5. The molecule has 2 heterocycles. The van der Waals surface area contributed by atoms with Crippen molar-refractivity contribution in [3.8, 4) is 17.1 Å². The molecule has 4 bridgehead atoms. The van der Waals surface area contributed by atoms with Gasteiger partial charge in [0.05, 0.1) is 16.6 Å². The lowest BCUT2D eigenvalue weighted by molar-refractivity contribution is 0.0407. The Balaban J connectivity index is 1.89. The van der Waals surface area contributed by atoms with Crippen LogP contribution in [0.4, 0.5) is 5.95 Å². The van der Waals surface area contributed by atoms with E-state index in [2.05, 4.69) is 34.0 Å². The second-order valence-corrected chi connectivity index (χ2v) is 11.7. The fraction of sp³-hybridized carbons (Fsp3) is 0.393. The SMILES string of the molecule is CCCNN1C(=O)c2cccc(c2)S(=O)(=O)Nc2nc(cc(-c3c(C)cccc3C)n2)OC[C@H]1CC(C)C. The summed E-state index contributed by atoms with van der Waals surface area (Å²) in [7, 11) is -4.09. The van der Waals surface area contributed by atoms with Crippen molar-refractivity contribution in [1.82, 2.24) is 20.4 Å². The van der Waals surface area contributed by atoms with Crippen molar-refractivity contribution in [2.45, 2.75) is 58.4 Å². The number of ether oxygens (including phenoxy) is 1. The number of sulfonamides is 1. The van der Waals surface area contributed by atoms with Crippen molar-refractivity contribution < 1.29 is 17.9 Å². The fourth-order valence-electron chi connectivity index (χ4n) is 4.58.